The molecule has 3 rings (SSSR count). The number of amides is 2. The number of aliphatic hydroxyl groups excluding tert-OH is 1. The van der Waals surface area contributed by atoms with Gasteiger partial charge in [-0.05, 0) is 42.2 Å². The van der Waals surface area contributed by atoms with Gasteiger partial charge in [-0.3, -0.25) is 9.59 Å². The van der Waals surface area contributed by atoms with E-state index >= 15 is 0 Å². The van der Waals surface area contributed by atoms with Crippen LogP contribution in [0.1, 0.15) is 38.6 Å². The fourth-order valence-corrected chi connectivity index (χ4v) is 3.50. The summed E-state index contributed by atoms with van der Waals surface area (Å²) in [7, 11) is 0. The molecule has 1 fully saturated rings. The standard InChI is InChI=1S/C20H22N2O3/c21-19(24)15-6-8-16(9-7-15)20(25)22-11-10-18(17(12-22)13-23)14-4-2-1-3-5-14/h1-9,17-18,23H,10-13H2,(H2,21,24)/t17-,18+/m1/s1. The van der Waals surface area contributed by atoms with Gasteiger partial charge in [0.2, 0.25) is 5.91 Å². The summed E-state index contributed by atoms with van der Waals surface area (Å²) in [5, 5.41) is 9.80. The van der Waals surface area contributed by atoms with E-state index in [0.29, 0.717) is 24.2 Å². The van der Waals surface area contributed by atoms with Gasteiger partial charge in [-0.25, -0.2) is 0 Å². The predicted molar refractivity (Wildman–Crippen MR) is 95.2 cm³/mol. The van der Waals surface area contributed by atoms with Gasteiger partial charge in [0.05, 0.1) is 0 Å². The number of carbonyl (C=O) groups excluding carboxylic acids is 2. The van der Waals surface area contributed by atoms with Gasteiger partial charge in [0, 0.05) is 36.7 Å². The molecular weight excluding hydrogens is 316 g/mol. The van der Waals surface area contributed by atoms with E-state index in [2.05, 4.69) is 12.1 Å². The predicted octanol–water partition coefficient (Wildman–Crippen LogP) is 2.02. The maximum absolute atomic E-state index is 12.7. The Morgan fingerprint density at radius 3 is 2.28 bits per heavy atom. The average molecular weight is 338 g/mol. The number of rotatable bonds is 4. The third kappa shape index (κ3) is 3.72. The van der Waals surface area contributed by atoms with E-state index in [4.69, 9.17) is 5.73 Å². The first kappa shape index (κ1) is 17.2. The molecule has 5 heteroatoms. The summed E-state index contributed by atoms with van der Waals surface area (Å²) >= 11 is 0. The van der Waals surface area contributed by atoms with Gasteiger partial charge in [-0.15, -0.1) is 0 Å². The molecule has 3 N–H and O–H groups in total. The summed E-state index contributed by atoms with van der Waals surface area (Å²) in [6.45, 7) is 1.21. The van der Waals surface area contributed by atoms with Crippen molar-refractivity contribution in [2.24, 2.45) is 11.7 Å². The molecule has 2 atom stereocenters. The lowest BCUT2D eigenvalue weighted by molar-refractivity contribution is 0.0577. The van der Waals surface area contributed by atoms with E-state index in [-0.39, 0.29) is 24.3 Å². The van der Waals surface area contributed by atoms with Crippen LogP contribution < -0.4 is 5.73 Å². The second-order valence-corrected chi connectivity index (χ2v) is 6.44. The molecule has 1 aliphatic heterocycles. The number of piperidine rings is 1. The van der Waals surface area contributed by atoms with E-state index < -0.39 is 5.91 Å². The van der Waals surface area contributed by atoms with Gasteiger partial charge < -0.3 is 15.7 Å². The number of primary amides is 1. The molecule has 1 heterocycles. The number of hydrogen-bond donors (Lipinski definition) is 2. The molecule has 0 radical (unpaired) electrons. The Morgan fingerprint density at radius 2 is 1.68 bits per heavy atom. The van der Waals surface area contributed by atoms with Crippen molar-refractivity contribution in [3.63, 3.8) is 0 Å². The van der Waals surface area contributed by atoms with Gasteiger partial charge in [-0.1, -0.05) is 30.3 Å². The van der Waals surface area contributed by atoms with Gasteiger partial charge in [0.15, 0.2) is 0 Å². The summed E-state index contributed by atoms with van der Waals surface area (Å²) in [5.41, 5.74) is 7.34. The zero-order valence-electron chi connectivity index (χ0n) is 14.0. The summed E-state index contributed by atoms with van der Waals surface area (Å²) in [6.07, 6.45) is 0.820. The van der Waals surface area contributed by atoms with Gasteiger partial charge in [0.1, 0.15) is 0 Å². The van der Waals surface area contributed by atoms with Crippen LogP contribution in [-0.4, -0.2) is 41.5 Å². The van der Waals surface area contributed by atoms with Crippen LogP contribution in [0.25, 0.3) is 0 Å². The Labute approximate surface area is 147 Å². The van der Waals surface area contributed by atoms with E-state index in [9.17, 15) is 14.7 Å². The lowest BCUT2D eigenvalue weighted by atomic mass is 9.80. The SMILES string of the molecule is NC(=O)c1ccc(C(=O)N2CC[C@@H](c3ccccc3)[C@@H](CO)C2)cc1. The Hall–Kier alpha value is -2.66. The normalized spacial score (nSPS) is 20.3. The van der Waals surface area contributed by atoms with Crippen LogP contribution in [0.5, 0.6) is 0 Å². The van der Waals surface area contributed by atoms with Gasteiger partial charge >= 0.3 is 0 Å². The first-order valence-corrected chi connectivity index (χ1v) is 8.45. The molecule has 130 valence electrons. The first-order valence-electron chi connectivity index (χ1n) is 8.45. The summed E-state index contributed by atoms with van der Waals surface area (Å²) < 4.78 is 0. The number of hydrogen-bond acceptors (Lipinski definition) is 3. The minimum Gasteiger partial charge on any atom is -0.396 e. The quantitative estimate of drug-likeness (QED) is 0.894. The van der Waals surface area contributed by atoms with Crippen molar-refractivity contribution < 1.29 is 14.7 Å². The van der Waals surface area contributed by atoms with Gasteiger partial charge in [-0.2, -0.15) is 0 Å². The smallest absolute Gasteiger partial charge is 0.253 e. The van der Waals surface area contributed by atoms with Crippen molar-refractivity contribution in [1.82, 2.24) is 4.90 Å². The highest BCUT2D eigenvalue weighted by Crippen LogP contribution is 2.33. The summed E-state index contributed by atoms with van der Waals surface area (Å²) in [6, 6.07) is 16.5. The molecular formula is C20H22N2O3. The van der Waals surface area contributed by atoms with Crippen molar-refractivity contribution >= 4 is 11.8 Å². The molecule has 2 aromatic carbocycles. The number of nitrogens with zero attached hydrogens (tertiary/aromatic N) is 1. The van der Waals surface area contributed by atoms with E-state index in [1.807, 2.05) is 18.2 Å². The molecule has 0 saturated carbocycles. The number of benzene rings is 2. The van der Waals surface area contributed by atoms with E-state index in [1.165, 1.54) is 5.56 Å². The summed E-state index contributed by atoms with van der Waals surface area (Å²) in [4.78, 5) is 25.6. The minimum atomic E-state index is -0.511. The van der Waals surface area contributed by atoms with Crippen molar-refractivity contribution in [1.29, 1.82) is 0 Å². The second kappa shape index (κ2) is 7.49. The van der Waals surface area contributed by atoms with Crippen LogP contribution in [0.2, 0.25) is 0 Å². The Bertz CT molecular complexity index is 743. The maximum Gasteiger partial charge on any atom is 0.253 e. The van der Waals surface area contributed by atoms with Crippen LogP contribution in [0.15, 0.2) is 54.6 Å². The Morgan fingerprint density at radius 1 is 1.04 bits per heavy atom. The van der Waals surface area contributed by atoms with Gasteiger partial charge in [0.25, 0.3) is 5.91 Å². The van der Waals surface area contributed by atoms with E-state index in [0.717, 1.165) is 6.42 Å². The van der Waals surface area contributed by atoms with Crippen molar-refractivity contribution in [2.45, 2.75) is 12.3 Å². The van der Waals surface area contributed by atoms with Crippen LogP contribution in [0.3, 0.4) is 0 Å². The number of nitrogens with two attached hydrogens (primary N) is 1. The molecule has 1 aliphatic rings. The molecule has 25 heavy (non-hydrogen) atoms. The third-order valence-corrected chi connectivity index (χ3v) is 4.90. The molecule has 0 aliphatic carbocycles. The van der Waals surface area contributed by atoms with Crippen molar-refractivity contribution in [2.75, 3.05) is 19.7 Å². The molecule has 0 bridgehead atoms. The van der Waals surface area contributed by atoms with E-state index in [1.54, 1.807) is 29.2 Å². The Kier molecular flexibility index (Phi) is 5.14. The van der Waals surface area contributed by atoms with Crippen LogP contribution >= 0.6 is 0 Å². The molecule has 1 saturated heterocycles. The van der Waals surface area contributed by atoms with Crippen LogP contribution in [-0.2, 0) is 0 Å². The molecule has 0 aromatic heterocycles. The van der Waals surface area contributed by atoms with Crippen LogP contribution in [0.4, 0.5) is 0 Å². The second-order valence-electron chi connectivity index (χ2n) is 6.44. The lowest BCUT2D eigenvalue weighted by Crippen LogP contribution is -2.44. The number of likely N-dealkylation sites (tertiary alicyclic amines) is 1. The monoisotopic (exact) mass is 338 g/mol. The molecule has 2 amide bonds. The Balaban J connectivity index is 1.72. The lowest BCUT2D eigenvalue weighted by Gasteiger charge is -2.38. The molecule has 0 unspecified atom stereocenters. The topological polar surface area (TPSA) is 83.6 Å². The number of carbonyl (C=O) groups is 2. The minimum absolute atomic E-state index is 0.0185. The highest BCUT2D eigenvalue weighted by Gasteiger charge is 2.32. The van der Waals surface area contributed by atoms with Crippen LogP contribution in [0, 0.1) is 5.92 Å². The fourth-order valence-electron chi connectivity index (χ4n) is 3.50. The average Bonchev–Trinajstić information content (AvgIpc) is 2.67. The fraction of sp³-hybridized carbons (Fsp3) is 0.300. The third-order valence-electron chi connectivity index (χ3n) is 4.90. The molecule has 5 nitrogen and oxygen atoms in total. The van der Waals surface area contributed by atoms with Crippen molar-refractivity contribution in [3.8, 4) is 0 Å². The van der Waals surface area contributed by atoms with Crippen molar-refractivity contribution in [3.05, 3.63) is 71.3 Å². The zero-order valence-corrected chi connectivity index (χ0v) is 14.0. The zero-order chi connectivity index (χ0) is 17.8. The summed E-state index contributed by atoms with van der Waals surface area (Å²) in [5.74, 6) is -0.318. The first-order chi connectivity index (χ1) is 12.1. The highest BCUT2D eigenvalue weighted by atomic mass is 16.3. The molecule has 0 spiro atoms. The number of aliphatic hydroxyl groups is 1. The highest BCUT2D eigenvalue weighted by molar-refractivity contribution is 5.97. The largest absolute Gasteiger partial charge is 0.396 e. The maximum atomic E-state index is 12.7. The molecule has 2 aromatic rings.